The summed E-state index contributed by atoms with van der Waals surface area (Å²) in [7, 11) is 0. The Bertz CT molecular complexity index is 500. The highest BCUT2D eigenvalue weighted by Gasteiger charge is 2.34. The summed E-state index contributed by atoms with van der Waals surface area (Å²) in [5.41, 5.74) is 1.79. The summed E-state index contributed by atoms with van der Waals surface area (Å²) in [5.74, 6) is -0.609. The zero-order valence-corrected chi connectivity index (χ0v) is 11.7. The minimum absolute atomic E-state index is 0.329. The molecule has 0 bridgehead atoms. The van der Waals surface area contributed by atoms with Crippen LogP contribution in [-0.4, -0.2) is 44.8 Å². The number of aryl methyl sites for hydroxylation is 1. The minimum atomic E-state index is -0.939. The molecule has 7 nitrogen and oxygen atoms in total. The van der Waals surface area contributed by atoms with E-state index in [4.69, 9.17) is 0 Å². The molecule has 1 aliphatic heterocycles. The average Bonchev–Trinajstić information content (AvgIpc) is 2.81. The molecular formula is C13H20N4O3. The molecule has 2 rings (SSSR count). The van der Waals surface area contributed by atoms with E-state index in [9.17, 15) is 14.7 Å². The van der Waals surface area contributed by atoms with Gasteiger partial charge in [-0.2, -0.15) is 5.10 Å². The van der Waals surface area contributed by atoms with Gasteiger partial charge in [-0.25, -0.2) is 9.59 Å². The molecule has 2 unspecified atom stereocenters. The lowest BCUT2D eigenvalue weighted by atomic mass is 9.93. The van der Waals surface area contributed by atoms with Crippen molar-refractivity contribution in [1.29, 1.82) is 0 Å². The Balaban J connectivity index is 1.96. The zero-order chi connectivity index (χ0) is 14.7. The van der Waals surface area contributed by atoms with E-state index in [0.29, 0.717) is 25.4 Å². The largest absolute Gasteiger partial charge is 0.480 e. The molecule has 1 saturated heterocycles. The quantitative estimate of drug-likeness (QED) is 0.772. The average molecular weight is 280 g/mol. The second-order valence-corrected chi connectivity index (χ2v) is 5.36. The monoisotopic (exact) mass is 280 g/mol. The number of urea groups is 1. The summed E-state index contributed by atoms with van der Waals surface area (Å²) in [4.78, 5) is 24.8. The SMILES string of the molecule is Cc1[nH]ncc1CNC(=O)N1CCC(C)CC1C(=O)O. The first-order chi connectivity index (χ1) is 9.49. The third-order valence-electron chi connectivity index (χ3n) is 3.77. The number of hydrogen-bond acceptors (Lipinski definition) is 3. The van der Waals surface area contributed by atoms with Gasteiger partial charge < -0.3 is 15.3 Å². The number of aromatic amines is 1. The van der Waals surface area contributed by atoms with Crippen LogP contribution in [0.5, 0.6) is 0 Å². The Morgan fingerprint density at radius 2 is 2.35 bits per heavy atom. The normalized spacial score (nSPS) is 22.6. The number of carboxylic acid groups (broad SMARTS) is 1. The number of piperidine rings is 1. The van der Waals surface area contributed by atoms with Gasteiger partial charge >= 0.3 is 12.0 Å². The van der Waals surface area contributed by atoms with Gasteiger partial charge in [-0.05, 0) is 25.7 Å². The van der Waals surface area contributed by atoms with Crippen LogP contribution in [0.15, 0.2) is 6.20 Å². The second-order valence-electron chi connectivity index (χ2n) is 5.36. The van der Waals surface area contributed by atoms with Crippen molar-refractivity contribution in [3.8, 4) is 0 Å². The summed E-state index contributed by atoms with van der Waals surface area (Å²) in [6, 6.07) is -1.06. The number of likely N-dealkylation sites (tertiary alicyclic amines) is 1. The number of amides is 2. The van der Waals surface area contributed by atoms with E-state index in [-0.39, 0.29) is 6.03 Å². The van der Waals surface area contributed by atoms with Gasteiger partial charge in [0.15, 0.2) is 0 Å². The molecule has 0 aliphatic carbocycles. The first-order valence-electron chi connectivity index (χ1n) is 6.75. The maximum atomic E-state index is 12.1. The number of hydrogen-bond donors (Lipinski definition) is 3. The molecule has 2 heterocycles. The van der Waals surface area contributed by atoms with Gasteiger partial charge in [-0.15, -0.1) is 0 Å². The van der Waals surface area contributed by atoms with E-state index in [0.717, 1.165) is 17.7 Å². The van der Waals surface area contributed by atoms with Crippen LogP contribution in [0.1, 0.15) is 31.0 Å². The molecule has 1 aromatic rings. The van der Waals surface area contributed by atoms with Crippen LogP contribution in [0.3, 0.4) is 0 Å². The number of aliphatic carboxylic acids is 1. The first-order valence-corrected chi connectivity index (χ1v) is 6.75. The smallest absolute Gasteiger partial charge is 0.326 e. The summed E-state index contributed by atoms with van der Waals surface area (Å²) in [6.45, 7) is 4.71. The molecule has 110 valence electrons. The lowest BCUT2D eigenvalue weighted by molar-refractivity contribution is -0.143. The van der Waals surface area contributed by atoms with Crippen LogP contribution < -0.4 is 5.32 Å². The molecule has 0 saturated carbocycles. The summed E-state index contributed by atoms with van der Waals surface area (Å²) >= 11 is 0. The van der Waals surface area contributed by atoms with Gasteiger partial charge in [0.1, 0.15) is 6.04 Å². The maximum absolute atomic E-state index is 12.1. The van der Waals surface area contributed by atoms with Crippen molar-refractivity contribution in [3.63, 3.8) is 0 Å². The predicted molar refractivity (Wildman–Crippen MR) is 72.1 cm³/mol. The summed E-state index contributed by atoms with van der Waals surface area (Å²) < 4.78 is 0. The van der Waals surface area contributed by atoms with Crippen molar-refractivity contribution in [2.45, 2.75) is 39.3 Å². The molecule has 7 heteroatoms. The van der Waals surface area contributed by atoms with Gasteiger partial charge in [-0.3, -0.25) is 5.10 Å². The van der Waals surface area contributed by atoms with E-state index in [1.54, 1.807) is 6.20 Å². The Morgan fingerprint density at radius 3 is 2.95 bits per heavy atom. The van der Waals surface area contributed by atoms with Crippen molar-refractivity contribution >= 4 is 12.0 Å². The van der Waals surface area contributed by atoms with Crippen LogP contribution in [0, 0.1) is 12.8 Å². The number of carboxylic acids is 1. The number of carbonyl (C=O) groups is 2. The van der Waals surface area contributed by atoms with E-state index >= 15 is 0 Å². The van der Waals surface area contributed by atoms with Gasteiger partial charge in [-0.1, -0.05) is 6.92 Å². The molecule has 20 heavy (non-hydrogen) atoms. The summed E-state index contributed by atoms with van der Waals surface area (Å²) in [5, 5.41) is 18.7. The highest BCUT2D eigenvalue weighted by atomic mass is 16.4. The maximum Gasteiger partial charge on any atom is 0.326 e. The predicted octanol–water partition coefficient (Wildman–Crippen LogP) is 1.11. The van der Waals surface area contributed by atoms with Crippen LogP contribution in [-0.2, 0) is 11.3 Å². The molecule has 1 aliphatic rings. The van der Waals surface area contributed by atoms with E-state index < -0.39 is 12.0 Å². The third-order valence-corrected chi connectivity index (χ3v) is 3.77. The molecular weight excluding hydrogens is 260 g/mol. The molecule has 0 radical (unpaired) electrons. The Morgan fingerprint density at radius 1 is 1.60 bits per heavy atom. The molecule has 0 spiro atoms. The topological polar surface area (TPSA) is 98.3 Å². The fraction of sp³-hybridized carbons (Fsp3) is 0.615. The lowest BCUT2D eigenvalue weighted by Gasteiger charge is -2.35. The molecule has 2 atom stereocenters. The van der Waals surface area contributed by atoms with Gasteiger partial charge in [0.05, 0.1) is 6.20 Å². The van der Waals surface area contributed by atoms with Crippen molar-refractivity contribution in [3.05, 3.63) is 17.5 Å². The number of carbonyl (C=O) groups excluding carboxylic acids is 1. The zero-order valence-electron chi connectivity index (χ0n) is 11.7. The highest BCUT2D eigenvalue weighted by molar-refractivity contribution is 5.82. The van der Waals surface area contributed by atoms with E-state index in [2.05, 4.69) is 15.5 Å². The summed E-state index contributed by atoms with van der Waals surface area (Å²) in [6.07, 6.45) is 3.00. The highest BCUT2D eigenvalue weighted by Crippen LogP contribution is 2.22. The first kappa shape index (κ1) is 14.4. The number of H-pyrrole nitrogens is 1. The van der Waals surface area contributed by atoms with E-state index in [1.165, 1.54) is 4.90 Å². The number of nitrogens with one attached hydrogen (secondary N) is 2. The molecule has 3 N–H and O–H groups in total. The fourth-order valence-electron chi connectivity index (χ4n) is 2.44. The van der Waals surface area contributed by atoms with Gasteiger partial charge in [0.25, 0.3) is 0 Å². The lowest BCUT2D eigenvalue weighted by Crippen LogP contribution is -2.53. The molecule has 0 aromatic carbocycles. The number of aromatic nitrogens is 2. The van der Waals surface area contributed by atoms with Crippen LogP contribution in [0.25, 0.3) is 0 Å². The molecule has 2 amide bonds. The molecule has 1 fully saturated rings. The number of nitrogens with zero attached hydrogens (tertiary/aromatic N) is 2. The van der Waals surface area contributed by atoms with Crippen molar-refractivity contribution in [1.82, 2.24) is 20.4 Å². The Hall–Kier alpha value is -2.05. The van der Waals surface area contributed by atoms with Crippen molar-refractivity contribution in [2.24, 2.45) is 5.92 Å². The van der Waals surface area contributed by atoms with Crippen LogP contribution in [0.4, 0.5) is 4.79 Å². The second kappa shape index (κ2) is 5.94. The fourth-order valence-corrected chi connectivity index (χ4v) is 2.44. The standard InChI is InChI=1S/C13H20N4O3/c1-8-3-4-17(11(5-8)12(18)19)13(20)14-6-10-7-15-16-9(10)2/h7-8,11H,3-6H2,1-2H3,(H,14,20)(H,15,16)(H,18,19). The Labute approximate surface area is 117 Å². The van der Waals surface area contributed by atoms with Gasteiger partial charge in [0, 0.05) is 24.3 Å². The van der Waals surface area contributed by atoms with Crippen LogP contribution in [0.2, 0.25) is 0 Å². The van der Waals surface area contributed by atoms with Gasteiger partial charge in [0.2, 0.25) is 0 Å². The number of rotatable bonds is 3. The minimum Gasteiger partial charge on any atom is -0.480 e. The van der Waals surface area contributed by atoms with Crippen molar-refractivity contribution < 1.29 is 14.7 Å². The Kier molecular flexibility index (Phi) is 4.26. The molecule has 1 aromatic heterocycles. The van der Waals surface area contributed by atoms with Crippen LogP contribution >= 0.6 is 0 Å². The van der Waals surface area contributed by atoms with E-state index in [1.807, 2.05) is 13.8 Å². The van der Waals surface area contributed by atoms with Crippen molar-refractivity contribution in [2.75, 3.05) is 6.54 Å². The third kappa shape index (κ3) is 3.09.